The predicted octanol–water partition coefficient (Wildman–Crippen LogP) is 3.39. The van der Waals surface area contributed by atoms with Crippen LogP contribution in [0.4, 0.5) is 10.1 Å². The number of hydrogen-bond donors (Lipinski definition) is 1. The van der Waals surface area contributed by atoms with E-state index in [4.69, 9.17) is 27.9 Å². The summed E-state index contributed by atoms with van der Waals surface area (Å²) in [5.74, 6) is -1.08. The van der Waals surface area contributed by atoms with E-state index >= 15 is 0 Å². The molecule has 144 valence electrons. The van der Waals surface area contributed by atoms with E-state index in [1.807, 2.05) is 0 Å². The number of halogens is 3. The Balaban J connectivity index is 2.12. The van der Waals surface area contributed by atoms with Crippen molar-refractivity contribution in [2.24, 2.45) is 0 Å². The quantitative estimate of drug-likeness (QED) is 0.619. The molecule has 0 bridgehead atoms. The van der Waals surface area contributed by atoms with Crippen molar-refractivity contribution in [2.75, 3.05) is 11.3 Å². The van der Waals surface area contributed by atoms with E-state index in [-0.39, 0.29) is 39.6 Å². The molecule has 0 aliphatic rings. The smallest absolute Gasteiger partial charge is 0.299 e. The molecular formula is C15H14Cl2FN5O3S. The van der Waals surface area contributed by atoms with Crippen LogP contribution in [-0.2, 0) is 10.0 Å². The van der Waals surface area contributed by atoms with Crippen LogP contribution >= 0.6 is 23.2 Å². The number of anilines is 1. The Morgan fingerprint density at radius 1 is 1.26 bits per heavy atom. The lowest BCUT2D eigenvalue weighted by Gasteiger charge is -2.10. The van der Waals surface area contributed by atoms with Crippen molar-refractivity contribution >= 4 is 44.7 Å². The summed E-state index contributed by atoms with van der Waals surface area (Å²) < 4.78 is 48.0. The average molecular weight is 434 g/mol. The fourth-order valence-corrected chi connectivity index (χ4v) is 3.80. The van der Waals surface area contributed by atoms with Gasteiger partial charge in [-0.15, -0.1) is 5.10 Å². The molecule has 0 amide bonds. The predicted molar refractivity (Wildman–Crippen MR) is 98.7 cm³/mol. The molecule has 2 aromatic heterocycles. The van der Waals surface area contributed by atoms with Crippen LogP contribution < -0.4 is 9.46 Å². The lowest BCUT2D eigenvalue weighted by atomic mass is 10.2. The summed E-state index contributed by atoms with van der Waals surface area (Å²) in [4.78, 5) is 7.40. The largest absolute Gasteiger partial charge is 0.478 e. The molecule has 27 heavy (non-hydrogen) atoms. The van der Waals surface area contributed by atoms with Gasteiger partial charge in [0.1, 0.15) is 0 Å². The zero-order valence-corrected chi connectivity index (χ0v) is 16.7. The van der Waals surface area contributed by atoms with Gasteiger partial charge in [0.2, 0.25) is 11.8 Å². The van der Waals surface area contributed by atoms with Gasteiger partial charge < -0.3 is 4.74 Å². The Kier molecular flexibility index (Phi) is 5.15. The van der Waals surface area contributed by atoms with E-state index in [1.165, 1.54) is 13.0 Å². The molecular weight excluding hydrogens is 420 g/mol. The molecule has 0 fully saturated rings. The molecule has 0 aliphatic heterocycles. The van der Waals surface area contributed by atoms with Crippen LogP contribution in [0.5, 0.6) is 5.88 Å². The second kappa shape index (κ2) is 7.10. The van der Waals surface area contributed by atoms with Crippen molar-refractivity contribution in [3.05, 3.63) is 39.3 Å². The first-order valence-corrected chi connectivity index (χ1v) is 9.92. The van der Waals surface area contributed by atoms with Gasteiger partial charge >= 0.3 is 0 Å². The highest BCUT2D eigenvalue weighted by atomic mass is 35.5. The number of nitrogens with one attached hydrogen (secondary N) is 1. The number of aromatic nitrogens is 4. The van der Waals surface area contributed by atoms with Crippen LogP contribution in [0, 0.1) is 19.8 Å². The molecule has 0 saturated carbocycles. The number of aryl methyl sites for hydroxylation is 1. The number of fused-ring (bicyclic) bond motifs is 1. The van der Waals surface area contributed by atoms with Gasteiger partial charge in [-0.3, -0.25) is 4.72 Å². The Labute approximate surface area is 164 Å². The zero-order valence-electron chi connectivity index (χ0n) is 14.4. The lowest BCUT2D eigenvalue weighted by Crippen LogP contribution is -2.15. The molecule has 1 N–H and O–H groups in total. The van der Waals surface area contributed by atoms with Crippen LogP contribution in [0.1, 0.15) is 18.1 Å². The van der Waals surface area contributed by atoms with Crippen LogP contribution in [0.15, 0.2) is 17.3 Å². The maximum atomic E-state index is 14.0. The van der Waals surface area contributed by atoms with Crippen molar-refractivity contribution < 1.29 is 17.5 Å². The molecule has 0 saturated heterocycles. The Morgan fingerprint density at radius 3 is 2.63 bits per heavy atom. The highest BCUT2D eigenvalue weighted by molar-refractivity contribution is 7.92. The minimum Gasteiger partial charge on any atom is -0.478 e. The summed E-state index contributed by atoms with van der Waals surface area (Å²) in [5, 5.41) is 3.52. The third-order valence-corrected chi connectivity index (χ3v) is 5.56. The lowest BCUT2D eigenvalue weighted by molar-refractivity contribution is 0.310. The van der Waals surface area contributed by atoms with E-state index in [9.17, 15) is 12.8 Å². The number of nitrogens with zero attached hydrogens (tertiary/aromatic N) is 4. The van der Waals surface area contributed by atoms with Gasteiger partial charge in [0.05, 0.1) is 27.9 Å². The number of hydrogen-bond acceptors (Lipinski definition) is 6. The van der Waals surface area contributed by atoms with Crippen molar-refractivity contribution in [1.82, 2.24) is 19.6 Å². The molecule has 1 aromatic carbocycles. The highest BCUT2D eigenvalue weighted by Gasteiger charge is 2.26. The normalized spacial score (nSPS) is 11.8. The number of rotatable bonds is 5. The second-order valence-corrected chi connectivity index (χ2v) is 7.89. The van der Waals surface area contributed by atoms with Crippen LogP contribution in [0.25, 0.3) is 5.78 Å². The topological polar surface area (TPSA) is 98.5 Å². The monoisotopic (exact) mass is 433 g/mol. The molecule has 0 aliphatic carbocycles. The Bertz CT molecular complexity index is 1150. The zero-order chi connectivity index (χ0) is 19.9. The summed E-state index contributed by atoms with van der Waals surface area (Å²) in [5.41, 5.74) is 0.702. The van der Waals surface area contributed by atoms with Crippen molar-refractivity contribution in [3.63, 3.8) is 0 Å². The van der Waals surface area contributed by atoms with Crippen molar-refractivity contribution in [3.8, 4) is 5.88 Å². The van der Waals surface area contributed by atoms with E-state index in [0.717, 1.165) is 4.52 Å². The van der Waals surface area contributed by atoms with E-state index in [2.05, 4.69) is 19.8 Å². The molecule has 12 heteroatoms. The van der Waals surface area contributed by atoms with Crippen LogP contribution in [0.2, 0.25) is 10.0 Å². The highest BCUT2D eigenvalue weighted by Crippen LogP contribution is 2.34. The average Bonchev–Trinajstić information content (AvgIpc) is 3.04. The van der Waals surface area contributed by atoms with E-state index in [0.29, 0.717) is 5.56 Å². The molecule has 0 radical (unpaired) electrons. The molecule has 0 unspecified atom stereocenters. The summed E-state index contributed by atoms with van der Waals surface area (Å²) in [6, 6.07) is 3.15. The summed E-state index contributed by atoms with van der Waals surface area (Å²) in [6.45, 7) is 5.05. The number of sulfonamides is 1. The number of ether oxygens (including phenoxy) is 1. The molecule has 0 atom stereocenters. The SMILES string of the molecule is CCOc1c(C)c(F)nc2nc(S(=O)(=O)Nc3c(Cl)ccc(C)c3Cl)nn12. The minimum absolute atomic E-state index is 0.00228. The first-order valence-electron chi connectivity index (χ1n) is 7.68. The molecule has 0 spiro atoms. The summed E-state index contributed by atoms with van der Waals surface area (Å²) in [6.07, 6.45) is 0. The fourth-order valence-electron chi connectivity index (χ4n) is 2.26. The van der Waals surface area contributed by atoms with Crippen LogP contribution in [-0.4, -0.2) is 34.6 Å². The Hall–Kier alpha value is -2.17. The van der Waals surface area contributed by atoms with Gasteiger partial charge in [0.15, 0.2) is 0 Å². The third-order valence-electron chi connectivity index (χ3n) is 3.63. The maximum absolute atomic E-state index is 14.0. The molecule has 3 aromatic rings. The standard InChI is InChI=1S/C15H14Cl2FN5O3S/c1-4-26-13-8(3)12(18)19-14-20-15(21-23(13)14)27(24,25)22-11-9(16)6-5-7(2)10(11)17/h5-6,22H,4H2,1-3H3. The van der Waals surface area contributed by atoms with Crippen molar-refractivity contribution in [1.29, 1.82) is 0 Å². The van der Waals surface area contributed by atoms with Gasteiger partial charge in [-0.05, 0) is 32.4 Å². The number of benzene rings is 1. The minimum atomic E-state index is -4.27. The second-order valence-electron chi connectivity index (χ2n) is 5.53. The Morgan fingerprint density at radius 2 is 1.96 bits per heavy atom. The molecule has 3 rings (SSSR count). The third kappa shape index (κ3) is 3.52. The molecule has 2 heterocycles. The summed E-state index contributed by atoms with van der Waals surface area (Å²) >= 11 is 12.2. The van der Waals surface area contributed by atoms with E-state index < -0.39 is 21.1 Å². The van der Waals surface area contributed by atoms with Gasteiger partial charge in [0, 0.05) is 0 Å². The fraction of sp³-hybridized carbons (Fsp3) is 0.267. The van der Waals surface area contributed by atoms with Gasteiger partial charge in [-0.2, -0.15) is 27.3 Å². The van der Waals surface area contributed by atoms with Crippen molar-refractivity contribution in [2.45, 2.75) is 25.9 Å². The first kappa shape index (κ1) is 19.6. The van der Waals surface area contributed by atoms with Gasteiger partial charge in [-0.1, -0.05) is 29.3 Å². The first-order chi connectivity index (χ1) is 12.7. The van der Waals surface area contributed by atoms with Gasteiger partial charge in [-0.25, -0.2) is 0 Å². The molecule has 8 nitrogen and oxygen atoms in total. The maximum Gasteiger partial charge on any atom is 0.299 e. The summed E-state index contributed by atoms with van der Waals surface area (Å²) in [7, 11) is -4.27. The van der Waals surface area contributed by atoms with E-state index in [1.54, 1.807) is 19.9 Å². The van der Waals surface area contributed by atoms with Crippen LogP contribution in [0.3, 0.4) is 0 Å². The van der Waals surface area contributed by atoms with Gasteiger partial charge in [0.25, 0.3) is 21.0 Å².